The molecule has 1 rings (SSSR count). The first-order valence-corrected chi connectivity index (χ1v) is 5.07. The van der Waals surface area contributed by atoms with Crippen molar-refractivity contribution in [2.24, 2.45) is 0 Å². The smallest absolute Gasteiger partial charge is 0.398 e. The highest BCUT2D eigenvalue weighted by Gasteiger charge is 2.15. The molecule has 6 nitrogen and oxygen atoms in total. The van der Waals surface area contributed by atoms with Crippen molar-refractivity contribution in [1.82, 2.24) is 10.9 Å². The maximum Gasteiger partial charge on any atom is 0.398 e. The highest BCUT2D eigenvalue weighted by Crippen LogP contribution is 2.01. The number of ether oxygens (including phenoxy) is 1. The molecule has 1 aromatic carbocycles. The molecule has 0 fully saturated rings. The van der Waals surface area contributed by atoms with Crippen LogP contribution in [0.25, 0.3) is 0 Å². The van der Waals surface area contributed by atoms with Gasteiger partial charge < -0.3 is 4.74 Å². The van der Waals surface area contributed by atoms with Gasteiger partial charge in [0.15, 0.2) is 0 Å². The molecule has 0 atom stereocenters. The van der Waals surface area contributed by atoms with Crippen molar-refractivity contribution >= 4 is 17.8 Å². The first kappa shape index (κ1) is 13.6. The van der Waals surface area contributed by atoms with E-state index in [9.17, 15) is 18.8 Å². The molecule has 96 valence electrons. The van der Waals surface area contributed by atoms with Gasteiger partial charge in [0.25, 0.3) is 5.91 Å². The molecule has 1 aromatic rings. The van der Waals surface area contributed by atoms with Crippen LogP contribution in [0, 0.1) is 5.82 Å². The molecule has 0 heterocycles. The first-order chi connectivity index (χ1) is 8.54. The molecule has 0 aliphatic carbocycles. The number of hydrazine groups is 1. The second kappa shape index (κ2) is 6.33. The number of carbonyl (C=O) groups excluding carboxylic acids is 3. The molecule has 0 spiro atoms. The van der Waals surface area contributed by atoms with E-state index in [1.54, 1.807) is 6.92 Å². The summed E-state index contributed by atoms with van der Waals surface area (Å²) in [6, 6.07) is 4.67. The van der Waals surface area contributed by atoms with E-state index in [0.29, 0.717) is 0 Å². The predicted molar refractivity (Wildman–Crippen MR) is 58.6 cm³/mol. The fourth-order valence-electron chi connectivity index (χ4n) is 1.03. The number of nitrogens with one attached hydrogen (secondary N) is 2. The Kier molecular flexibility index (Phi) is 4.79. The fraction of sp³-hybridized carbons (Fsp3) is 0.182. The van der Waals surface area contributed by atoms with Gasteiger partial charge in [-0.15, -0.1) is 0 Å². The van der Waals surface area contributed by atoms with Gasteiger partial charge in [0.05, 0.1) is 6.61 Å². The van der Waals surface area contributed by atoms with E-state index in [0.717, 1.165) is 12.1 Å². The zero-order chi connectivity index (χ0) is 13.5. The SMILES string of the molecule is CCOC(=O)C(=O)NNC(=O)c1ccc(F)cc1. The lowest BCUT2D eigenvalue weighted by molar-refractivity contribution is -0.154. The predicted octanol–water partition coefficient (Wildman–Crippen LogP) is 0.150. The minimum Gasteiger partial charge on any atom is -0.459 e. The van der Waals surface area contributed by atoms with Crippen LogP contribution in [0.15, 0.2) is 24.3 Å². The van der Waals surface area contributed by atoms with Gasteiger partial charge in [-0.1, -0.05) is 0 Å². The van der Waals surface area contributed by atoms with Crippen molar-refractivity contribution in [3.8, 4) is 0 Å². The number of esters is 1. The Bertz CT molecular complexity index is 459. The number of carbonyl (C=O) groups is 3. The van der Waals surface area contributed by atoms with Crippen molar-refractivity contribution in [3.05, 3.63) is 35.6 Å². The quantitative estimate of drug-likeness (QED) is 0.447. The van der Waals surface area contributed by atoms with Crippen LogP contribution in [0.2, 0.25) is 0 Å². The zero-order valence-corrected chi connectivity index (χ0v) is 9.53. The zero-order valence-electron chi connectivity index (χ0n) is 9.53. The Morgan fingerprint density at radius 1 is 1.17 bits per heavy atom. The molecule has 2 amide bonds. The molecule has 0 saturated carbocycles. The lowest BCUT2D eigenvalue weighted by Crippen LogP contribution is -2.45. The van der Waals surface area contributed by atoms with Gasteiger partial charge >= 0.3 is 11.9 Å². The summed E-state index contributed by atoms with van der Waals surface area (Å²) in [7, 11) is 0. The average Bonchev–Trinajstić information content (AvgIpc) is 2.36. The molecular weight excluding hydrogens is 243 g/mol. The molecule has 0 bridgehead atoms. The average molecular weight is 254 g/mol. The molecule has 0 aliphatic rings. The summed E-state index contributed by atoms with van der Waals surface area (Å²) in [5.74, 6) is -3.35. The molecular formula is C11H11FN2O4. The number of rotatable bonds is 2. The van der Waals surface area contributed by atoms with Gasteiger partial charge in [-0.2, -0.15) is 0 Å². The topological polar surface area (TPSA) is 84.5 Å². The number of amides is 2. The second-order valence-corrected chi connectivity index (χ2v) is 3.14. The highest BCUT2D eigenvalue weighted by molar-refractivity contribution is 6.32. The Morgan fingerprint density at radius 2 is 1.78 bits per heavy atom. The van der Waals surface area contributed by atoms with E-state index in [1.807, 2.05) is 10.9 Å². The summed E-state index contributed by atoms with van der Waals surface area (Å²) in [5.41, 5.74) is 4.01. The molecule has 0 radical (unpaired) electrons. The van der Waals surface area contributed by atoms with E-state index >= 15 is 0 Å². The summed E-state index contributed by atoms with van der Waals surface area (Å²) < 4.78 is 17.0. The van der Waals surface area contributed by atoms with Gasteiger partial charge in [-0.3, -0.25) is 20.4 Å². The van der Waals surface area contributed by atoms with Gasteiger partial charge in [0.1, 0.15) is 5.82 Å². The second-order valence-electron chi connectivity index (χ2n) is 3.14. The summed E-state index contributed by atoms with van der Waals surface area (Å²) in [4.78, 5) is 33.4. The maximum atomic E-state index is 12.6. The van der Waals surface area contributed by atoms with Gasteiger partial charge in [-0.05, 0) is 31.2 Å². The minimum absolute atomic E-state index is 0.0537. The lowest BCUT2D eigenvalue weighted by atomic mass is 10.2. The standard InChI is InChI=1S/C11H11FN2O4/c1-2-18-11(17)10(16)14-13-9(15)7-3-5-8(12)6-4-7/h3-6H,2H2,1H3,(H,13,15)(H,14,16). The summed E-state index contributed by atoms with van der Waals surface area (Å²) in [5, 5.41) is 0. The Labute approximate surface area is 102 Å². The van der Waals surface area contributed by atoms with Crippen LogP contribution in [0.3, 0.4) is 0 Å². The fourth-order valence-corrected chi connectivity index (χ4v) is 1.03. The van der Waals surface area contributed by atoms with E-state index in [-0.39, 0.29) is 12.2 Å². The van der Waals surface area contributed by atoms with Crippen LogP contribution in [0.1, 0.15) is 17.3 Å². The van der Waals surface area contributed by atoms with Gasteiger partial charge in [0.2, 0.25) is 0 Å². The van der Waals surface area contributed by atoms with Crippen LogP contribution in [0.5, 0.6) is 0 Å². The van der Waals surface area contributed by atoms with Crippen LogP contribution in [-0.2, 0) is 14.3 Å². The van der Waals surface area contributed by atoms with Crippen LogP contribution in [0.4, 0.5) is 4.39 Å². The third-order valence-electron chi connectivity index (χ3n) is 1.86. The number of benzene rings is 1. The monoisotopic (exact) mass is 254 g/mol. The minimum atomic E-state index is -1.10. The molecule has 0 unspecified atom stereocenters. The van der Waals surface area contributed by atoms with Crippen molar-refractivity contribution in [3.63, 3.8) is 0 Å². The maximum absolute atomic E-state index is 12.6. The van der Waals surface area contributed by atoms with E-state index in [2.05, 4.69) is 4.74 Å². The van der Waals surface area contributed by atoms with Crippen molar-refractivity contribution in [1.29, 1.82) is 0 Å². The van der Waals surface area contributed by atoms with Crippen LogP contribution >= 0.6 is 0 Å². The Morgan fingerprint density at radius 3 is 2.33 bits per heavy atom. The Balaban J connectivity index is 2.49. The van der Waals surface area contributed by atoms with Crippen LogP contribution < -0.4 is 10.9 Å². The van der Waals surface area contributed by atoms with Crippen molar-refractivity contribution < 1.29 is 23.5 Å². The van der Waals surface area contributed by atoms with E-state index < -0.39 is 23.6 Å². The summed E-state index contributed by atoms with van der Waals surface area (Å²) in [6.45, 7) is 1.60. The summed E-state index contributed by atoms with van der Waals surface area (Å²) >= 11 is 0. The van der Waals surface area contributed by atoms with E-state index in [1.165, 1.54) is 12.1 Å². The molecule has 0 aromatic heterocycles. The van der Waals surface area contributed by atoms with Gasteiger partial charge in [0, 0.05) is 5.56 Å². The third-order valence-corrected chi connectivity index (χ3v) is 1.86. The first-order valence-electron chi connectivity index (χ1n) is 5.07. The largest absolute Gasteiger partial charge is 0.459 e. The van der Waals surface area contributed by atoms with Crippen LogP contribution in [-0.4, -0.2) is 24.4 Å². The molecule has 18 heavy (non-hydrogen) atoms. The normalized spacial score (nSPS) is 9.44. The number of halogens is 1. The Hall–Kier alpha value is -2.44. The molecule has 2 N–H and O–H groups in total. The third kappa shape index (κ3) is 3.85. The molecule has 0 saturated heterocycles. The van der Waals surface area contributed by atoms with Crippen molar-refractivity contribution in [2.75, 3.05) is 6.61 Å². The summed E-state index contributed by atoms with van der Waals surface area (Å²) in [6.07, 6.45) is 0. The number of hydrogen-bond donors (Lipinski definition) is 2. The molecule has 0 aliphatic heterocycles. The molecule has 7 heteroatoms. The van der Waals surface area contributed by atoms with Crippen molar-refractivity contribution in [2.45, 2.75) is 6.92 Å². The number of hydrogen-bond acceptors (Lipinski definition) is 4. The highest BCUT2D eigenvalue weighted by atomic mass is 19.1. The van der Waals surface area contributed by atoms with Gasteiger partial charge in [-0.25, -0.2) is 9.18 Å². The van der Waals surface area contributed by atoms with E-state index in [4.69, 9.17) is 0 Å². The lowest BCUT2D eigenvalue weighted by Gasteiger charge is -2.06.